The first-order valence-corrected chi connectivity index (χ1v) is 11.9. The van der Waals surface area contributed by atoms with Crippen LogP contribution in [-0.2, 0) is 16.1 Å². The molecule has 0 bridgehead atoms. The van der Waals surface area contributed by atoms with Gasteiger partial charge >= 0.3 is 6.30 Å². The van der Waals surface area contributed by atoms with E-state index in [9.17, 15) is 27.2 Å². The number of hydrogen-bond acceptors (Lipinski definition) is 7. The van der Waals surface area contributed by atoms with Crippen molar-refractivity contribution in [3.8, 4) is 11.1 Å². The maximum Gasteiger partial charge on any atom is 0.482 e. The van der Waals surface area contributed by atoms with Crippen molar-refractivity contribution in [3.63, 3.8) is 0 Å². The van der Waals surface area contributed by atoms with Gasteiger partial charge in [0.2, 0.25) is 5.91 Å². The predicted molar refractivity (Wildman–Crippen MR) is 135 cm³/mol. The zero-order chi connectivity index (χ0) is 28.5. The number of allylic oxidation sites excluding steroid dienone is 4. The number of anilines is 1. The van der Waals surface area contributed by atoms with Crippen LogP contribution in [0.25, 0.3) is 11.1 Å². The van der Waals surface area contributed by atoms with Crippen LogP contribution in [0.15, 0.2) is 60.6 Å². The van der Waals surface area contributed by atoms with Crippen LogP contribution in [0.5, 0.6) is 0 Å². The fourth-order valence-corrected chi connectivity index (χ4v) is 4.46. The molecule has 0 spiro atoms. The number of carbonyl (C=O) groups excluding carboxylic acids is 2. The summed E-state index contributed by atoms with van der Waals surface area (Å²) >= 11 is 0. The molecule has 1 unspecified atom stereocenters. The second-order valence-corrected chi connectivity index (χ2v) is 9.37. The first kappa shape index (κ1) is 27.5. The van der Waals surface area contributed by atoms with Gasteiger partial charge in [0.15, 0.2) is 5.83 Å². The summed E-state index contributed by atoms with van der Waals surface area (Å²) in [6.07, 6.45) is 2.99. The number of pyridine rings is 1. The molecule has 206 valence electrons. The van der Waals surface area contributed by atoms with E-state index >= 15 is 0 Å². The molecule has 2 amide bonds. The fraction of sp³-hybridized carbons (Fsp3) is 0.320. The number of carbonyl (C=O) groups is 2. The Bertz CT molecular complexity index is 1390. The minimum atomic E-state index is -4.55. The molecule has 0 aromatic carbocycles. The number of nitrogens with zero attached hydrogens (tertiary/aromatic N) is 4. The van der Waals surface area contributed by atoms with Gasteiger partial charge in [-0.3, -0.25) is 14.3 Å². The highest BCUT2D eigenvalue weighted by Crippen LogP contribution is 2.35. The number of aromatic nitrogens is 3. The third-order valence-electron chi connectivity index (χ3n) is 6.38. The predicted octanol–water partition coefficient (Wildman–Crippen LogP) is 3.07. The molecule has 39 heavy (non-hydrogen) atoms. The van der Waals surface area contributed by atoms with Gasteiger partial charge in [-0.15, -0.1) is 0 Å². The first-order valence-electron chi connectivity index (χ1n) is 11.9. The third-order valence-corrected chi connectivity index (χ3v) is 6.38. The highest BCUT2D eigenvalue weighted by molar-refractivity contribution is 6.10. The number of nitrogens with one attached hydrogen (secondary N) is 3. The van der Waals surface area contributed by atoms with E-state index in [-0.39, 0.29) is 49.2 Å². The number of alkyl halides is 3. The molecule has 1 atom stereocenters. The summed E-state index contributed by atoms with van der Waals surface area (Å²) in [4.78, 5) is 28.9. The van der Waals surface area contributed by atoms with Gasteiger partial charge in [0.1, 0.15) is 12.4 Å². The Hall–Kier alpha value is -4.49. The summed E-state index contributed by atoms with van der Waals surface area (Å²) < 4.78 is 52.9. The molecule has 0 saturated carbocycles. The molecule has 2 aliphatic rings. The standard InChI is InChI=1S/C25H26F4N8O2/c1-13-7-17(35-25(27,28)29)3-4-19(13)34-23-21(22(31)16-9-36(10-16)24(39)14(2)26)18(5-6-32-23)15-8-33-37(11-15)12-20(30)38/h3-6,8,11,13,16,31,35H,2,7,9-10,12H2,1H3,(H2,30,38)(H,32,34). The third kappa shape index (κ3) is 6.33. The van der Waals surface area contributed by atoms with Crippen LogP contribution in [0.1, 0.15) is 18.9 Å². The lowest BCUT2D eigenvalue weighted by Crippen LogP contribution is -2.53. The molecular formula is C25H26F4N8O2. The molecule has 0 radical (unpaired) electrons. The van der Waals surface area contributed by atoms with Crippen molar-refractivity contribution in [2.45, 2.75) is 26.2 Å². The van der Waals surface area contributed by atoms with Crippen LogP contribution in [0, 0.1) is 17.2 Å². The second kappa shape index (κ2) is 10.7. The van der Waals surface area contributed by atoms with Crippen LogP contribution in [0.3, 0.4) is 0 Å². The molecule has 5 N–H and O–H groups in total. The molecule has 2 aromatic heterocycles. The zero-order valence-electron chi connectivity index (χ0n) is 20.8. The van der Waals surface area contributed by atoms with E-state index in [2.05, 4.69) is 22.0 Å². The van der Waals surface area contributed by atoms with Gasteiger partial charge in [0.25, 0.3) is 5.91 Å². The second-order valence-electron chi connectivity index (χ2n) is 9.37. The molecule has 1 aliphatic carbocycles. The molecule has 3 heterocycles. The van der Waals surface area contributed by atoms with E-state index in [1.54, 1.807) is 19.2 Å². The Morgan fingerprint density at radius 2 is 2.00 bits per heavy atom. The smallest absolute Gasteiger partial charge is 0.368 e. The van der Waals surface area contributed by atoms with Crippen LogP contribution in [0.4, 0.5) is 23.4 Å². The van der Waals surface area contributed by atoms with Crippen molar-refractivity contribution < 1.29 is 27.2 Å². The molecular weight excluding hydrogens is 520 g/mol. The highest BCUT2D eigenvalue weighted by Gasteiger charge is 2.37. The van der Waals surface area contributed by atoms with Crippen molar-refractivity contribution in [2.75, 3.05) is 18.4 Å². The van der Waals surface area contributed by atoms with Crippen molar-refractivity contribution in [2.24, 2.45) is 17.6 Å². The molecule has 14 heteroatoms. The molecule has 4 rings (SSSR count). The van der Waals surface area contributed by atoms with E-state index < -0.39 is 29.9 Å². The zero-order valence-corrected chi connectivity index (χ0v) is 20.8. The first-order chi connectivity index (χ1) is 18.3. The largest absolute Gasteiger partial charge is 0.482 e. The summed E-state index contributed by atoms with van der Waals surface area (Å²) in [5, 5.41) is 17.8. The van der Waals surface area contributed by atoms with Gasteiger partial charge in [-0.2, -0.15) is 18.3 Å². The van der Waals surface area contributed by atoms with Crippen molar-refractivity contribution in [1.29, 1.82) is 5.41 Å². The molecule has 1 fully saturated rings. The SMILES string of the molecule is C=C(F)C(=O)N1CC(C(=N)c2c(-c3cnn(CC(N)=O)c3)ccnc2NC2=CC=C(NC(F)(F)F)CC2C)C1. The molecule has 1 aliphatic heterocycles. The van der Waals surface area contributed by atoms with E-state index in [0.29, 0.717) is 22.4 Å². The summed E-state index contributed by atoms with van der Waals surface area (Å²) in [6.45, 7) is 4.83. The van der Waals surface area contributed by atoms with E-state index in [1.807, 2.05) is 0 Å². The van der Waals surface area contributed by atoms with Gasteiger partial charge in [0, 0.05) is 65.6 Å². The number of hydrogen-bond donors (Lipinski definition) is 4. The van der Waals surface area contributed by atoms with Crippen LogP contribution >= 0.6 is 0 Å². The lowest BCUT2D eigenvalue weighted by molar-refractivity contribution is -0.150. The number of rotatable bonds is 9. The van der Waals surface area contributed by atoms with Crippen LogP contribution in [-0.4, -0.2) is 56.6 Å². The Kier molecular flexibility index (Phi) is 7.56. The number of halogens is 4. The Morgan fingerprint density at radius 1 is 1.28 bits per heavy atom. The topological polar surface area (TPSA) is 142 Å². The number of amides is 2. The fourth-order valence-electron chi connectivity index (χ4n) is 4.46. The van der Waals surface area contributed by atoms with Crippen molar-refractivity contribution in [1.82, 2.24) is 25.0 Å². The van der Waals surface area contributed by atoms with E-state index in [1.165, 1.54) is 39.4 Å². The summed E-state index contributed by atoms with van der Waals surface area (Å²) in [5.74, 6) is -3.01. The van der Waals surface area contributed by atoms with Gasteiger partial charge < -0.3 is 26.7 Å². The van der Waals surface area contributed by atoms with E-state index in [0.717, 1.165) is 0 Å². The average molecular weight is 547 g/mol. The molecule has 1 saturated heterocycles. The number of primary amides is 1. The minimum absolute atomic E-state index is 0.0192. The van der Waals surface area contributed by atoms with Gasteiger partial charge in [-0.05, 0) is 30.2 Å². The van der Waals surface area contributed by atoms with Gasteiger partial charge in [-0.1, -0.05) is 13.5 Å². The van der Waals surface area contributed by atoms with Crippen molar-refractivity contribution in [3.05, 3.63) is 66.2 Å². The summed E-state index contributed by atoms with van der Waals surface area (Å²) in [5.41, 5.74) is 7.48. The minimum Gasteiger partial charge on any atom is -0.368 e. The van der Waals surface area contributed by atoms with Gasteiger partial charge in [0.05, 0.1) is 6.20 Å². The van der Waals surface area contributed by atoms with Crippen LogP contribution < -0.4 is 16.4 Å². The summed E-state index contributed by atoms with van der Waals surface area (Å²) in [6, 6.07) is 1.66. The van der Waals surface area contributed by atoms with E-state index in [4.69, 9.17) is 11.1 Å². The normalized spacial score (nSPS) is 17.6. The average Bonchev–Trinajstić information content (AvgIpc) is 3.26. The Morgan fingerprint density at radius 3 is 2.62 bits per heavy atom. The van der Waals surface area contributed by atoms with Gasteiger partial charge in [-0.25, -0.2) is 9.37 Å². The lowest BCUT2D eigenvalue weighted by atomic mass is 9.86. The maximum atomic E-state index is 13.3. The lowest BCUT2D eigenvalue weighted by Gasteiger charge is -2.39. The quantitative estimate of drug-likeness (QED) is 0.165. The maximum absolute atomic E-state index is 13.3. The Labute approximate surface area is 220 Å². The Balaban J connectivity index is 1.68. The van der Waals surface area contributed by atoms with Crippen LogP contribution in [0.2, 0.25) is 0 Å². The summed E-state index contributed by atoms with van der Waals surface area (Å²) in [7, 11) is 0. The molecule has 10 nitrogen and oxygen atoms in total. The number of nitrogens with two attached hydrogens (primary N) is 1. The van der Waals surface area contributed by atoms with Crippen molar-refractivity contribution >= 4 is 23.3 Å². The molecule has 2 aromatic rings. The number of likely N-dealkylation sites (tertiary alicyclic amines) is 1. The monoisotopic (exact) mass is 546 g/mol. The highest BCUT2D eigenvalue weighted by atomic mass is 19.4.